The molecule has 5 heterocycles. The number of hydrogen-bond acceptors (Lipinski definition) is 13. The van der Waals surface area contributed by atoms with Crippen molar-refractivity contribution < 1.29 is 48.0 Å². The number of nitrogens with one attached hydrogen (secondary N) is 1. The first-order valence-corrected chi connectivity index (χ1v) is 15.9. The molecule has 0 saturated carbocycles. The van der Waals surface area contributed by atoms with Gasteiger partial charge in [-0.15, -0.1) is 11.8 Å². The van der Waals surface area contributed by atoms with Crippen molar-refractivity contribution in [2.45, 2.75) is 75.8 Å². The second-order valence-electron chi connectivity index (χ2n) is 12.3. The van der Waals surface area contributed by atoms with Gasteiger partial charge in [-0.3, -0.25) is 24.2 Å². The minimum Gasteiger partial charge on any atom is -0.493 e. The summed E-state index contributed by atoms with van der Waals surface area (Å²) in [5.41, 5.74) is 4.04. The number of esters is 2. The number of aliphatic hydroxyl groups is 1. The molecule has 7 rings (SSSR count). The lowest BCUT2D eigenvalue weighted by molar-refractivity contribution is -0.166. The summed E-state index contributed by atoms with van der Waals surface area (Å²) in [4.78, 5) is 56.0. The maximum atomic E-state index is 14.1. The Morgan fingerprint density at radius 1 is 1.07 bits per heavy atom. The number of likely N-dealkylation sites (N-methyl/N-ethyl adjacent to an activating group) is 1. The number of aliphatic hydroxyl groups excluding tert-OH is 1. The van der Waals surface area contributed by atoms with Crippen LogP contribution in [0.3, 0.4) is 0 Å². The number of ketones is 1. The number of carbonyl (C=O) groups excluding carboxylic acids is 4. The highest BCUT2D eigenvalue weighted by atomic mass is 32.2. The van der Waals surface area contributed by atoms with Crippen molar-refractivity contribution in [1.82, 2.24) is 15.1 Å². The molecule has 1 aliphatic carbocycles. The van der Waals surface area contributed by atoms with E-state index >= 15 is 0 Å². The van der Waals surface area contributed by atoms with Crippen molar-refractivity contribution in [2.24, 2.45) is 0 Å². The van der Waals surface area contributed by atoms with Gasteiger partial charge in [0.2, 0.25) is 18.5 Å². The molecule has 7 atom stereocenters. The molecule has 45 heavy (non-hydrogen) atoms. The fraction of sp³-hybridized carbons (Fsp3) is 0.548. The molecular formula is C31H35N3O10S. The van der Waals surface area contributed by atoms with Crippen LogP contribution in [0, 0.1) is 6.92 Å². The first-order chi connectivity index (χ1) is 21.5. The molecule has 1 amide bonds. The normalized spacial score (nSPS) is 32.1. The number of fused-ring (bicyclic) bond motifs is 9. The minimum atomic E-state index is -1.10. The number of piperazine rings is 1. The summed E-state index contributed by atoms with van der Waals surface area (Å²) in [6.07, 6.45) is -0.637. The van der Waals surface area contributed by atoms with E-state index in [1.165, 1.54) is 32.7 Å². The third kappa shape index (κ3) is 4.25. The zero-order chi connectivity index (χ0) is 32.1. The number of cyclic esters (lactones) is 1. The second kappa shape index (κ2) is 10.7. The first-order valence-electron chi connectivity index (χ1n) is 14.8. The van der Waals surface area contributed by atoms with E-state index in [4.69, 9.17) is 23.7 Å². The van der Waals surface area contributed by atoms with Gasteiger partial charge in [0.25, 0.3) is 0 Å². The molecule has 0 aromatic heterocycles. The van der Waals surface area contributed by atoms with Gasteiger partial charge >= 0.3 is 11.9 Å². The number of Topliss-reactive ketones (excluding diaryl/α,β-unsaturated/α-hetero) is 1. The molecule has 0 radical (unpaired) electrons. The van der Waals surface area contributed by atoms with E-state index in [2.05, 4.69) is 5.32 Å². The molecular weight excluding hydrogens is 606 g/mol. The number of amides is 1. The van der Waals surface area contributed by atoms with Crippen LogP contribution in [0.5, 0.6) is 17.2 Å². The fourth-order valence-electron chi connectivity index (χ4n) is 8.16. The van der Waals surface area contributed by atoms with Gasteiger partial charge in [-0.25, -0.2) is 4.79 Å². The number of benzene rings is 1. The van der Waals surface area contributed by atoms with Crippen LogP contribution in [-0.2, 0) is 28.7 Å². The highest BCUT2D eigenvalue weighted by Gasteiger charge is 2.63. The summed E-state index contributed by atoms with van der Waals surface area (Å²) < 4.78 is 29.3. The van der Waals surface area contributed by atoms with Crippen molar-refractivity contribution in [1.29, 1.82) is 0 Å². The summed E-state index contributed by atoms with van der Waals surface area (Å²) in [6.45, 7) is 6.04. The smallest absolute Gasteiger partial charge is 0.329 e. The maximum absolute atomic E-state index is 14.1. The predicted molar refractivity (Wildman–Crippen MR) is 158 cm³/mol. The lowest BCUT2D eigenvalue weighted by Crippen LogP contribution is -2.69. The zero-order valence-corrected chi connectivity index (χ0v) is 26.6. The van der Waals surface area contributed by atoms with Gasteiger partial charge < -0.3 is 34.1 Å². The largest absolute Gasteiger partial charge is 0.493 e. The summed E-state index contributed by atoms with van der Waals surface area (Å²) >= 11 is 1.37. The third-order valence-electron chi connectivity index (χ3n) is 9.73. The molecule has 13 nitrogen and oxygen atoms in total. The monoisotopic (exact) mass is 641 g/mol. The Morgan fingerprint density at radius 3 is 2.49 bits per heavy atom. The molecule has 14 heteroatoms. The van der Waals surface area contributed by atoms with Crippen molar-refractivity contribution in [3.8, 4) is 17.2 Å². The lowest BCUT2D eigenvalue weighted by atomic mass is 9.79. The number of carbonyl (C=O) groups is 4. The van der Waals surface area contributed by atoms with E-state index in [1.54, 1.807) is 6.92 Å². The SMILES string of the molecule is COC1=C(C)CC2=C(C1=O)[C@@H]1C3[C@@H]4SC[C@H](NC(C)=O)C(=O)OC[C@H](c5c6c(c(C)c(OC(C)=O)c54)OCO6)N3[C@@H](O)[C@H]2N1C. The van der Waals surface area contributed by atoms with Crippen molar-refractivity contribution in [3.05, 3.63) is 39.2 Å². The van der Waals surface area contributed by atoms with Gasteiger partial charge in [-0.1, -0.05) is 0 Å². The Bertz CT molecular complexity index is 1620. The Balaban J connectivity index is 1.48. The quantitative estimate of drug-likeness (QED) is 0.362. The summed E-state index contributed by atoms with van der Waals surface area (Å²) in [6, 6.07) is -3.27. The minimum absolute atomic E-state index is 0.0594. The van der Waals surface area contributed by atoms with Gasteiger partial charge in [-0.05, 0) is 38.5 Å². The van der Waals surface area contributed by atoms with E-state index in [9.17, 15) is 24.3 Å². The lowest BCUT2D eigenvalue weighted by Gasteiger charge is -2.57. The van der Waals surface area contributed by atoms with Crippen LogP contribution in [0.15, 0.2) is 22.5 Å². The van der Waals surface area contributed by atoms with Gasteiger partial charge in [0.15, 0.2) is 17.3 Å². The number of thioether (sulfide) groups is 1. The topological polar surface area (TPSA) is 153 Å². The first kappa shape index (κ1) is 30.1. The van der Waals surface area contributed by atoms with Crippen LogP contribution in [0.2, 0.25) is 0 Å². The Hall–Kier alpha value is -3.59. The van der Waals surface area contributed by atoms with E-state index in [1.807, 2.05) is 23.8 Å². The number of allylic oxidation sites excluding steroid dienone is 2. The van der Waals surface area contributed by atoms with Crippen LogP contribution in [0.25, 0.3) is 0 Å². The predicted octanol–water partition coefficient (Wildman–Crippen LogP) is 1.41. The molecule has 6 aliphatic rings. The van der Waals surface area contributed by atoms with Gasteiger partial charge in [0.1, 0.15) is 24.6 Å². The number of nitrogens with zero attached hydrogens (tertiary/aromatic N) is 2. The van der Waals surface area contributed by atoms with Gasteiger partial charge in [0, 0.05) is 47.9 Å². The van der Waals surface area contributed by atoms with E-state index in [-0.39, 0.29) is 30.8 Å². The van der Waals surface area contributed by atoms with Crippen LogP contribution in [-0.4, -0.2) is 102 Å². The number of ether oxygens (including phenoxy) is 5. The molecule has 240 valence electrons. The van der Waals surface area contributed by atoms with Crippen molar-refractivity contribution in [2.75, 3.05) is 33.3 Å². The fourth-order valence-corrected chi connectivity index (χ4v) is 9.67. The van der Waals surface area contributed by atoms with E-state index in [0.717, 1.165) is 11.1 Å². The zero-order valence-electron chi connectivity index (χ0n) is 25.8. The number of hydrogen-bond donors (Lipinski definition) is 2. The molecule has 1 aromatic rings. The molecule has 4 bridgehead atoms. The average molecular weight is 642 g/mol. The number of methoxy groups -OCH3 is 1. The van der Waals surface area contributed by atoms with Crippen LogP contribution >= 0.6 is 11.8 Å². The van der Waals surface area contributed by atoms with Crippen LogP contribution in [0.4, 0.5) is 0 Å². The average Bonchev–Trinajstić information content (AvgIpc) is 3.54. The third-order valence-corrected chi connectivity index (χ3v) is 11.1. The standard InChI is InChI=1S/C31H35N3O10S/c1-11-7-15-18(24(37)25(11)40-6)22-23-29-20-19(28-27(42-10-43-28)12(2)26(20)44-14(4)36)17(34(23)30(38)21(15)33(22)5)8-41-31(39)16(9-45-29)32-13(3)35/h16-17,21-23,29-30,38H,7-10H2,1-6H3,(H,32,35)/t16-,17+,21-,22+,23?,29+,30-/m0/s1. The Labute approximate surface area is 263 Å². The van der Waals surface area contributed by atoms with Crippen LogP contribution < -0.4 is 19.5 Å². The Kier molecular flexibility index (Phi) is 7.19. The summed E-state index contributed by atoms with van der Waals surface area (Å²) in [5.74, 6) is -0.158. The summed E-state index contributed by atoms with van der Waals surface area (Å²) in [5, 5.41) is 14.4. The maximum Gasteiger partial charge on any atom is 0.329 e. The van der Waals surface area contributed by atoms with E-state index in [0.29, 0.717) is 51.7 Å². The molecule has 2 saturated heterocycles. The highest BCUT2D eigenvalue weighted by molar-refractivity contribution is 7.99. The summed E-state index contributed by atoms with van der Waals surface area (Å²) in [7, 11) is 3.39. The Morgan fingerprint density at radius 2 is 1.80 bits per heavy atom. The van der Waals surface area contributed by atoms with Crippen LogP contribution in [0.1, 0.15) is 55.2 Å². The molecule has 5 aliphatic heterocycles. The number of rotatable bonds is 3. The molecule has 1 unspecified atom stereocenters. The van der Waals surface area contributed by atoms with E-state index < -0.39 is 53.6 Å². The van der Waals surface area contributed by atoms with Crippen molar-refractivity contribution in [3.63, 3.8) is 0 Å². The van der Waals surface area contributed by atoms with Gasteiger partial charge in [-0.2, -0.15) is 0 Å². The second-order valence-corrected chi connectivity index (χ2v) is 13.4. The van der Waals surface area contributed by atoms with Crippen molar-refractivity contribution >= 4 is 35.4 Å². The molecule has 0 spiro atoms. The molecule has 1 aromatic carbocycles. The molecule has 2 fully saturated rings. The van der Waals surface area contributed by atoms with Gasteiger partial charge in [0.05, 0.1) is 30.5 Å². The highest BCUT2D eigenvalue weighted by Crippen LogP contribution is 2.62. The molecule has 2 N–H and O–H groups in total.